The molecule has 0 aromatic heterocycles. The van der Waals surface area contributed by atoms with Gasteiger partial charge in [-0.05, 0) is 25.8 Å². The van der Waals surface area contributed by atoms with E-state index in [4.69, 9.17) is 21.1 Å². The lowest BCUT2D eigenvalue weighted by atomic mass is 9.64. The van der Waals surface area contributed by atoms with Crippen molar-refractivity contribution in [2.75, 3.05) is 14.2 Å². The SMILES string of the molecule is COc1c(C2(C(=O)O)CCC2)cc(Cl)c(C)c1OC. The topological polar surface area (TPSA) is 55.8 Å². The molecule has 0 amide bonds. The van der Waals surface area contributed by atoms with Crippen LogP contribution in [0.15, 0.2) is 6.07 Å². The quantitative estimate of drug-likeness (QED) is 0.923. The molecule has 2 rings (SSSR count). The summed E-state index contributed by atoms with van der Waals surface area (Å²) in [5, 5.41) is 10.0. The Morgan fingerprint density at radius 2 is 1.89 bits per heavy atom. The number of ether oxygens (including phenoxy) is 2. The number of benzene rings is 1. The van der Waals surface area contributed by atoms with Gasteiger partial charge in [-0.2, -0.15) is 0 Å². The van der Waals surface area contributed by atoms with E-state index in [0.29, 0.717) is 34.9 Å². The Hall–Kier alpha value is -1.42. The van der Waals surface area contributed by atoms with Gasteiger partial charge in [-0.1, -0.05) is 18.0 Å². The van der Waals surface area contributed by atoms with Crippen LogP contribution >= 0.6 is 11.6 Å². The minimum absolute atomic E-state index is 0.478. The Kier molecular flexibility index (Phi) is 3.63. The van der Waals surface area contributed by atoms with Crippen molar-refractivity contribution in [2.24, 2.45) is 0 Å². The van der Waals surface area contributed by atoms with E-state index in [9.17, 15) is 9.90 Å². The largest absolute Gasteiger partial charge is 0.493 e. The molecular weight excluding hydrogens is 268 g/mol. The number of hydrogen-bond acceptors (Lipinski definition) is 3. The minimum Gasteiger partial charge on any atom is -0.493 e. The lowest BCUT2D eigenvalue weighted by molar-refractivity contribution is -0.147. The molecule has 1 fully saturated rings. The molecule has 5 heteroatoms. The number of carbonyl (C=O) groups is 1. The lowest BCUT2D eigenvalue weighted by Gasteiger charge is -2.39. The third kappa shape index (κ3) is 1.94. The Morgan fingerprint density at radius 1 is 1.32 bits per heavy atom. The number of carboxylic acids is 1. The highest BCUT2D eigenvalue weighted by molar-refractivity contribution is 6.31. The zero-order chi connectivity index (χ0) is 14.2. The average Bonchev–Trinajstić information content (AvgIpc) is 2.31. The van der Waals surface area contributed by atoms with E-state index in [1.54, 1.807) is 6.07 Å². The molecule has 1 aromatic rings. The molecule has 0 atom stereocenters. The predicted octanol–water partition coefficient (Wildman–Crippen LogP) is 3.17. The predicted molar refractivity (Wildman–Crippen MR) is 72.5 cm³/mol. The summed E-state index contributed by atoms with van der Waals surface area (Å²) in [6, 6.07) is 1.70. The number of aliphatic carboxylic acids is 1. The molecule has 0 unspecified atom stereocenters. The minimum atomic E-state index is -0.893. The van der Waals surface area contributed by atoms with Crippen LogP contribution in [0.25, 0.3) is 0 Å². The van der Waals surface area contributed by atoms with E-state index in [-0.39, 0.29) is 0 Å². The molecule has 104 valence electrons. The maximum absolute atomic E-state index is 11.6. The Bertz CT molecular complexity index is 521. The lowest BCUT2D eigenvalue weighted by Crippen LogP contribution is -2.42. The number of carboxylic acid groups (broad SMARTS) is 1. The van der Waals surface area contributed by atoms with Gasteiger partial charge in [-0.25, -0.2) is 0 Å². The molecule has 0 spiro atoms. The monoisotopic (exact) mass is 284 g/mol. The Labute approximate surface area is 117 Å². The van der Waals surface area contributed by atoms with E-state index in [1.807, 2.05) is 6.92 Å². The first-order chi connectivity index (χ1) is 8.97. The second-order valence-corrected chi connectivity index (χ2v) is 5.25. The fraction of sp³-hybridized carbons (Fsp3) is 0.500. The van der Waals surface area contributed by atoms with Crippen LogP contribution in [-0.4, -0.2) is 25.3 Å². The van der Waals surface area contributed by atoms with Crippen LogP contribution in [0.1, 0.15) is 30.4 Å². The van der Waals surface area contributed by atoms with Crippen LogP contribution in [-0.2, 0) is 10.2 Å². The smallest absolute Gasteiger partial charge is 0.314 e. The van der Waals surface area contributed by atoms with Crippen LogP contribution in [0, 0.1) is 6.92 Å². The zero-order valence-electron chi connectivity index (χ0n) is 11.2. The molecular formula is C14H17ClO4. The van der Waals surface area contributed by atoms with Crippen molar-refractivity contribution in [1.29, 1.82) is 0 Å². The van der Waals surface area contributed by atoms with Gasteiger partial charge < -0.3 is 14.6 Å². The molecule has 1 saturated carbocycles. The molecule has 0 heterocycles. The van der Waals surface area contributed by atoms with Gasteiger partial charge in [0.25, 0.3) is 0 Å². The van der Waals surface area contributed by atoms with Gasteiger partial charge in [0.2, 0.25) is 0 Å². The maximum Gasteiger partial charge on any atom is 0.314 e. The van der Waals surface area contributed by atoms with Gasteiger partial charge in [0.1, 0.15) is 0 Å². The summed E-state index contributed by atoms with van der Waals surface area (Å²) < 4.78 is 10.7. The van der Waals surface area contributed by atoms with Crippen LogP contribution in [0.5, 0.6) is 11.5 Å². The summed E-state index contributed by atoms with van der Waals surface area (Å²) >= 11 is 6.19. The molecule has 0 aliphatic heterocycles. The fourth-order valence-electron chi connectivity index (χ4n) is 2.63. The van der Waals surface area contributed by atoms with Crippen molar-refractivity contribution in [1.82, 2.24) is 0 Å². The third-order valence-corrected chi connectivity index (χ3v) is 4.35. The number of halogens is 1. The molecule has 4 nitrogen and oxygen atoms in total. The van der Waals surface area contributed by atoms with Crippen LogP contribution < -0.4 is 9.47 Å². The van der Waals surface area contributed by atoms with Crippen molar-refractivity contribution in [3.8, 4) is 11.5 Å². The van der Waals surface area contributed by atoms with E-state index >= 15 is 0 Å². The molecule has 1 aliphatic rings. The van der Waals surface area contributed by atoms with Gasteiger partial charge in [-0.15, -0.1) is 0 Å². The summed E-state index contributed by atoms with van der Waals surface area (Å²) in [5.41, 5.74) is 0.474. The van der Waals surface area contributed by atoms with E-state index < -0.39 is 11.4 Å². The maximum atomic E-state index is 11.6. The Balaban J connectivity index is 2.69. The van der Waals surface area contributed by atoms with E-state index in [1.165, 1.54) is 14.2 Å². The molecule has 19 heavy (non-hydrogen) atoms. The molecule has 0 saturated heterocycles. The van der Waals surface area contributed by atoms with Gasteiger partial charge in [0, 0.05) is 16.1 Å². The second-order valence-electron chi connectivity index (χ2n) is 4.84. The average molecular weight is 285 g/mol. The first-order valence-corrected chi connectivity index (χ1v) is 6.50. The van der Waals surface area contributed by atoms with Crippen molar-refractivity contribution in [3.05, 3.63) is 22.2 Å². The number of hydrogen-bond donors (Lipinski definition) is 1. The molecule has 1 aliphatic carbocycles. The van der Waals surface area contributed by atoms with Crippen molar-refractivity contribution < 1.29 is 19.4 Å². The summed E-state index contributed by atoms with van der Waals surface area (Å²) in [5.74, 6) is 0.156. The highest BCUT2D eigenvalue weighted by atomic mass is 35.5. The summed E-state index contributed by atoms with van der Waals surface area (Å²) in [4.78, 5) is 11.6. The van der Waals surface area contributed by atoms with Gasteiger partial charge >= 0.3 is 5.97 Å². The van der Waals surface area contributed by atoms with Crippen molar-refractivity contribution in [2.45, 2.75) is 31.6 Å². The third-order valence-electron chi connectivity index (χ3n) is 3.96. The zero-order valence-corrected chi connectivity index (χ0v) is 12.0. The molecule has 1 N–H and O–H groups in total. The van der Waals surface area contributed by atoms with Gasteiger partial charge in [-0.3, -0.25) is 4.79 Å². The first kappa shape index (κ1) is 14.0. The van der Waals surface area contributed by atoms with Gasteiger partial charge in [0.15, 0.2) is 11.5 Å². The molecule has 1 aromatic carbocycles. The van der Waals surface area contributed by atoms with Crippen molar-refractivity contribution in [3.63, 3.8) is 0 Å². The van der Waals surface area contributed by atoms with Crippen LogP contribution in [0.4, 0.5) is 0 Å². The number of rotatable bonds is 4. The van der Waals surface area contributed by atoms with Crippen LogP contribution in [0.3, 0.4) is 0 Å². The van der Waals surface area contributed by atoms with E-state index in [2.05, 4.69) is 0 Å². The summed E-state index contributed by atoms with van der Waals surface area (Å²) in [6.45, 7) is 1.82. The van der Waals surface area contributed by atoms with E-state index in [0.717, 1.165) is 12.0 Å². The highest BCUT2D eigenvalue weighted by Crippen LogP contribution is 2.51. The number of methoxy groups -OCH3 is 2. The summed E-state index contributed by atoms with van der Waals surface area (Å²) in [6.07, 6.45) is 2.09. The highest BCUT2D eigenvalue weighted by Gasteiger charge is 2.48. The first-order valence-electron chi connectivity index (χ1n) is 6.13. The van der Waals surface area contributed by atoms with Crippen molar-refractivity contribution >= 4 is 17.6 Å². The molecule has 0 bridgehead atoms. The van der Waals surface area contributed by atoms with Crippen LogP contribution in [0.2, 0.25) is 5.02 Å². The Morgan fingerprint density at radius 3 is 2.26 bits per heavy atom. The molecule has 0 radical (unpaired) electrons. The second kappa shape index (κ2) is 4.93. The standard InChI is InChI=1S/C14H17ClO4/c1-8-10(15)7-9(12(19-3)11(8)18-2)14(13(16)17)5-4-6-14/h7H,4-6H2,1-3H3,(H,16,17). The van der Waals surface area contributed by atoms with Gasteiger partial charge in [0.05, 0.1) is 19.6 Å². The fourth-order valence-corrected chi connectivity index (χ4v) is 2.83. The summed E-state index contributed by atoms with van der Waals surface area (Å²) in [7, 11) is 3.04. The normalized spacial score (nSPS) is 16.6.